The van der Waals surface area contributed by atoms with Gasteiger partial charge in [0.2, 0.25) is 0 Å². The third-order valence-electron chi connectivity index (χ3n) is 6.98. The summed E-state index contributed by atoms with van der Waals surface area (Å²) < 4.78 is 10.8. The van der Waals surface area contributed by atoms with Gasteiger partial charge in [-0.05, 0) is 81.2 Å². The Morgan fingerprint density at radius 1 is 1.14 bits per heavy atom. The zero-order valence-electron chi connectivity index (χ0n) is 20.7. The van der Waals surface area contributed by atoms with Crippen LogP contribution in [-0.2, 0) is 22.3 Å². The number of anilines is 1. The predicted molar refractivity (Wildman–Crippen MR) is 142 cm³/mol. The molecule has 0 aliphatic carbocycles. The first-order valence-electron chi connectivity index (χ1n) is 12.9. The average Bonchev–Trinajstić information content (AvgIpc) is 3.06. The molecule has 2 aliphatic rings. The first-order chi connectivity index (χ1) is 17.6. The molecule has 2 aromatic heterocycles. The van der Waals surface area contributed by atoms with Gasteiger partial charge in [-0.3, -0.25) is 4.79 Å². The number of rotatable bonds is 6. The summed E-state index contributed by atoms with van der Waals surface area (Å²) in [6, 6.07) is 15.6. The predicted octanol–water partition coefficient (Wildman–Crippen LogP) is 5.94. The van der Waals surface area contributed by atoms with Crippen LogP contribution in [0, 0.1) is 5.92 Å². The molecular weight excluding hydrogens is 472 g/mol. The van der Waals surface area contributed by atoms with Gasteiger partial charge in [-0.25, -0.2) is 9.78 Å². The number of carbonyl (C=O) groups excluding carboxylic acids is 2. The second-order valence-corrected chi connectivity index (χ2v) is 10.4. The summed E-state index contributed by atoms with van der Waals surface area (Å²) in [6.07, 6.45) is 6.03. The molecule has 1 amide bonds. The fourth-order valence-corrected chi connectivity index (χ4v) is 6.24. The third-order valence-corrected chi connectivity index (χ3v) is 8.17. The quantitative estimate of drug-likeness (QED) is 0.389. The Hall–Kier alpha value is -3.03. The maximum atomic E-state index is 13.7. The number of aryl methyl sites for hydroxylation is 1. The van der Waals surface area contributed by atoms with Crippen molar-refractivity contribution in [3.05, 3.63) is 70.4 Å². The number of esters is 1. The van der Waals surface area contributed by atoms with Gasteiger partial charge < -0.3 is 14.4 Å². The van der Waals surface area contributed by atoms with Crippen molar-refractivity contribution in [3.8, 4) is 10.4 Å². The lowest BCUT2D eigenvalue weighted by atomic mass is 9.94. The van der Waals surface area contributed by atoms with E-state index in [9.17, 15) is 9.59 Å². The summed E-state index contributed by atoms with van der Waals surface area (Å²) in [5, 5.41) is 0. The highest BCUT2D eigenvalue weighted by Crippen LogP contribution is 2.42. The number of carbonyl (C=O) groups is 2. The van der Waals surface area contributed by atoms with Gasteiger partial charge in [-0.2, -0.15) is 0 Å². The van der Waals surface area contributed by atoms with Crippen molar-refractivity contribution in [2.75, 3.05) is 31.3 Å². The number of hydrogen-bond acceptors (Lipinski definition) is 6. The van der Waals surface area contributed by atoms with Crippen molar-refractivity contribution in [2.24, 2.45) is 5.92 Å². The van der Waals surface area contributed by atoms with Gasteiger partial charge in [0.15, 0.2) is 0 Å². The Morgan fingerprint density at radius 2 is 2.03 bits per heavy atom. The molecule has 1 aromatic carbocycles. The normalized spacial score (nSPS) is 17.5. The van der Waals surface area contributed by atoms with Crippen molar-refractivity contribution in [1.82, 2.24) is 4.98 Å². The molecule has 36 heavy (non-hydrogen) atoms. The highest BCUT2D eigenvalue weighted by Gasteiger charge is 2.28. The molecule has 1 atom stereocenters. The molecule has 0 saturated carbocycles. The largest absolute Gasteiger partial charge is 0.462 e. The van der Waals surface area contributed by atoms with Crippen LogP contribution in [0.15, 0.2) is 48.5 Å². The molecule has 2 aliphatic heterocycles. The topological polar surface area (TPSA) is 68.7 Å². The minimum atomic E-state index is -0.293. The Balaban J connectivity index is 1.37. The van der Waals surface area contributed by atoms with Crippen LogP contribution >= 0.6 is 11.3 Å². The highest BCUT2D eigenvalue weighted by molar-refractivity contribution is 7.17. The molecule has 188 valence electrons. The van der Waals surface area contributed by atoms with Gasteiger partial charge in [-0.1, -0.05) is 24.3 Å². The van der Waals surface area contributed by atoms with E-state index in [1.165, 1.54) is 17.8 Å². The van der Waals surface area contributed by atoms with Gasteiger partial charge in [0.05, 0.1) is 12.3 Å². The summed E-state index contributed by atoms with van der Waals surface area (Å²) in [6.45, 7) is 4.40. The SMILES string of the molecule is CCOC(=O)c1cc2c(s1)-c1ccccc1N(C(=O)c1cccc(CCC3CCCOCC3)n1)CC2. The summed E-state index contributed by atoms with van der Waals surface area (Å²) in [4.78, 5) is 34.3. The fraction of sp³-hybridized carbons (Fsp3) is 0.414. The summed E-state index contributed by atoms with van der Waals surface area (Å²) >= 11 is 1.44. The second kappa shape index (κ2) is 11.4. The number of benzene rings is 1. The molecule has 1 fully saturated rings. The van der Waals surface area contributed by atoms with E-state index in [-0.39, 0.29) is 11.9 Å². The van der Waals surface area contributed by atoms with E-state index in [1.54, 1.807) is 0 Å². The van der Waals surface area contributed by atoms with Crippen LogP contribution in [0.2, 0.25) is 0 Å². The Bertz CT molecular complexity index is 1230. The molecule has 0 radical (unpaired) electrons. The van der Waals surface area contributed by atoms with Gasteiger partial charge >= 0.3 is 5.97 Å². The van der Waals surface area contributed by atoms with Crippen molar-refractivity contribution in [1.29, 1.82) is 0 Å². The van der Waals surface area contributed by atoms with Crippen LogP contribution in [0.3, 0.4) is 0 Å². The third kappa shape index (κ3) is 5.37. The Morgan fingerprint density at radius 3 is 2.92 bits per heavy atom. The van der Waals surface area contributed by atoms with E-state index in [2.05, 4.69) is 0 Å². The Kier molecular flexibility index (Phi) is 7.78. The van der Waals surface area contributed by atoms with E-state index in [0.29, 0.717) is 36.1 Å². The molecule has 4 heterocycles. The smallest absolute Gasteiger partial charge is 0.348 e. The molecule has 0 spiro atoms. The van der Waals surface area contributed by atoms with Crippen LogP contribution in [0.1, 0.15) is 64.0 Å². The molecular formula is C29H32N2O4S. The zero-order valence-corrected chi connectivity index (χ0v) is 21.5. The van der Waals surface area contributed by atoms with E-state index in [4.69, 9.17) is 14.5 Å². The van der Waals surface area contributed by atoms with Crippen molar-refractivity contribution >= 4 is 28.9 Å². The number of hydrogen-bond donors (Lipinski definition) is 0. The monoisotopic (exact) mass is 504 g/mol. The molecule has 0 bridgehead atoms. The van der Waals surface area contributed by atoms with Crippen LogP contribution in [0.25, 0.3) is 10.4 Å². The minimum absolute atomic E-state index is 0.0899. The second-order valence-electron chi connectivity index (χ2n) is 9.37. The lowest BCUT2D eigenvalue weighted by Gasteiger charge is -2.23. The maximum Gasteiger partial charge on any atom is 0.348 e. The average molecular weight is 505 g/mol. The molecule has 0 N–H and O–H groups in total. The molecule has 6 nitrogen and oxygen atoms in total. The first kappa shape index (κ1) is 24.7. The lowest BCUT2D eigenvalue weighted by Crippen LogP contribution is -2.33. The number of fused-ring (bicyclic) bond motifs is 3. The number of ether oxygens (including phenoxy) is 2. The number of amides is 1. The zero-order chi connectivity index (χ0) is 24.9. The van der Waals surface area contributed by atoms with E-state index >= 15 is 0 Å². The van der Waals surface area contributed by atoms with Crippen molar-refractivity contribution in [2.45, 2.75) is 45.4 Å². The van der Waals surface area contributed by atoms with Crippen LogP contribution < -0.4 is 4.90 Å². The van der Waals surface area contributed by atoms with Crippen LogP contribution in [0.5, 0.6) is 0 Å². The molecule has 1 saturated heterocycles. The van der Waals surface area contributed by atoms with Gasteiger partial charge in [-0.15, -0.1) is 11.3 Å². The number of nitrogens with zero attached hydrogens (tertiary/aromatic N) is 2. The van der Waals surface area contributed by atoms with Crippen molar-refractivity contribution < 1.29 is 19.1 Å². The summed E-state index contributed by atoms with van der Waals surface area (Å²) in [5.41, 5.74) is 4.32. The van der Waals surface area contributed by atoms with Gasteiger partial charge in [0.25, 0.3) is 5.91 Å². The Labute approximate surface area is 216 Å². The number of aromatic nitrogens is 1. The standard InChI is InChI=1S/C29H32N2O4S/c1-2-35-29(33)26-19-21-14-16-31(25-11-4-3-9-23(25)27(21)36-26)28(32)24-10-5-8-22(30-24)13-12-20-7-6-17-34-18-15-20/h3-5,8-11,19-20H,2,6-7,12-18H2,1H3. The number of thiophene rings is 1. The first-order valence-corrected chi connectivity index (χ1v) is 13.7. The minimum Gasteiger partial charge on any atom is -0.462 e. The number of pyridine rings is 1. The van der Waals surface area contributed by atoms with Crippen molar-refractivity contribution in [3.63, 3.8) is 0 Å². The van der Waals surface area contributed by atoms with Gasteiger partial charge in [0.1, 0.15) is 10.6 Å². The van der Waals surface area contributed by atoms with E-state index in [1.807, 2.05) is 60.4 Å². The lowest BCUT2D eigenvalue weighted by molar-refractivity contribution is 0.0532. The molecule has 7 heteroatoms. The summed E-state index contributed by atoms with van der Waals surface area (Å²) in [5.74, 6) is 0.274. The van der Waals surface area contributed by atoms with E-state index in [0.717, 1.165) is 66.3 Å². The fourth-order valence-electron chi connectivity index (χ4n) is 5.10. The number of para-hydroxylation sites is 1. The molecule has 5 rings (SSSR count). The van der Waals surface area contributed by atoms with E-state index < -0.39 is 0 Å². The molecule has 1 unspecified atom stereocenters. The summed E-state index contributed by atoms with van der Waals surface area (Å²) in [7, 11) is 0. The van der Waals surface area contributed by atoms with Crippen LogP contribution in [-0.4, -0.2) is 43.2 Å². The van der Waals surface area contributed by atoms with Gasteiger partial charge in [0, 0.05) is 35.9 Å². The highest BCUT2D eigenvalue weighted by atomic mass is 32.1. The maximum absolute atomic E-state index is 13.7. The van der Waals surface area contributed by atoms with Crippen LogP contribution in [0.4, 0.5) is 5.69 Å². The molecule has 3 aromatic rings.